The summed E-state index contributed by atoms with van der Waals surface area (Å²) in [4.78, 5) is 48.2. The zero-order chi connectivity index (χ0) is 23.0. The van der Waals surface area contributed by atoms with Gasteiger partial charge in [-0.2, -0.15) is 0 Å². The molecule has 0 unspecified atom stereocenters. The van der Waals surface area contributed by atoms with Crippen molar-refractivity contribution in [2.45, 2.75) is 51.7 Å². The molecule has 2 aliphatic heterocycles. The van der Waals surface area contributed by atoms with Crippen LogP contribution in [0.3, 0.4) is 0 Å². The number of cyclic esters (lactones) is 1. The number of carbonyl (C=O) groups is 4. The predicted octanol–water partition coefficient (Wildman–Crippen LogP) is 1.68. The Hall–Kier alpha value is -3.40. The second kappa shape index (κ2) is 8.62. The van der Waals surface area contributed by atoms with Crippen molar-refractivity contribution >= 4 is 34.8 Å². The van der Waals surface area contributed by atoms with Gasteiger partial charge < -0.3 is 28.3 Å². The number of fused-ring (bicyclic) bond motifs is 3. The van der Waals surface area contributed by atoms with Gasteiger partial charge in [-0.05, 0) is 11.6 Å². The van der Waals surface area contributed by atoms with Gasteiger partial charge in [-0.1, -0.05) is 18.2 Å². The van der Waals surface area contributed by atoms with Crippen molar-refractivity contribution < 1.29 is 42.9 Å². The third-order valence-corrected chi connectivity index (χ3v) is 5.37. The first-order valence-electron chi connectivity index (χ1n) is 10.2. The number of hydrogen-bond acceptors (Lipinski definition) is 9. The van der Waals surface area contributed by atoms with E-state index >= 15 is 0 Å². The van der Waals surface area contributed by atoms with Crippen LogP contribution in [0.2, 0.25) is 0 Å². The van der Waals surface area contributed by atoms with E-state index in [2.05, 4.69) is 0 Å². The minimum atomic E-state index is -1.19. The number of benzene rings is 1. The Balaban J connectivity index is 1.87. The number of rotatable bonds is 4. The molecular weight excluding hydrogens is 422 g/mol. The van der Waals surface area contributed by atoms with Gasteiger partial charge >= 0.3 is 23.9 Å². The summed E-state index contributed by atoms with van der Waals surface area (Å²) in [6.07, 6.45) is -3.85. The minimum absolute atomic E-state index is 0.143. The number of hydrogen-bond donors (Lipinski definition) is 0. The first kappa shape index (κ1) is 21.8. The molecule has 3 heterocycles. The Labute approximate surface area is 183 Å². The third-order valence-electron chi connectivity index (χ3n) is 5.37. The van der Waals surface area contributed by atoms with Crippen LogP contribution in [0.15, 0.2) is 24.3 Å². The molecule has 10 heteroatoms. The predicted molar refractivity (Wildman–Crippen MR) is 108 cm³/mol. The highest BCUT2D eigenvalue weighted by Crippen LogP contribution is 2.38. The zero-order valence-electron chi connectivity index (χ0n) is 17.9. The lowest BCUT2D eigenvalue weighted by Crippen LogP contribution is -2.55. The van der Waals surface area contributed by atoms with Crippen molar-refractivity contribution in [3.63, 3.8) is 0 Å². The van der Waals surface area contributed by atoms with Crippen molar-refractivity contribution in [2.75, 3.05) is 13.2 Å². The average Bonchev–Trinajstić information content (AvgIpc) is 3.05. The fourth-order valence-electron chi connectivity index (χ4n) is 4.33. The standard InChI is InChI=1S/C22H23NO9/c1-11(24)30-17-10-29-21(20(32-13(3)26)19(17)31-12(2)25)23-16-7-5-4-6-14(16)15-8-9-28-22(27)18(15)23/h4-7,17,19-21H,8-10H2,1-3H3/t17-,19-,20+,21+/m0/s1. The van der Waals surface area contributed by atoms with Gasteiger partial charge in [-0.15, -0.1) is 0 Å². The number of nitrogens with zero attached hydrogens (tertiary/aromatic N) is 1. The van der Waals surface area contributed by atoms with Crippen molar-refractivity contribution in [1.29, 1.82) is 0 Å². The lowest BCUT2D eigenvalue weighted by Gasteiger charge is -2.41. The topological polar surface area (TPSA) is 119 Å². The van der Waals surface area contributed by atoms with E-state index in [0.29, 0.717) is 11.9 Å². The average molecular weight is 445 g/mol. The molecular formula is C22H23NO9. The number of para-hydroxylation sites is 1. The molecule has 0 radical (unpaired) electrons. The molecule has 1 aromatic carbocycles. The smallest absolute Gasteiger partial charge is 0.355 e. The molecule has 0 spiro atoms. The first-order valence-corrected chi connectivity index (χ1v) is 10.2. The molecule has 0 bridgehead atoms. The van der Waals surface area contributed by atoms with Gasteiger partial charge in [-0.3, -0.25) is 14.4 Å². The van der Waals surface area contributed by atoms with E-state index in [1.54, 1.807) is 4.57 Å². The molecule has 1 aromatic heterocycles. The van der Waals surface area contributed by atoms with Crippen molar-refractivity contribution in [3.05, 3.63) is 35.5 Å². The molecule has 0 aliphatic carbocycles. The SMILES string of the molecule is CC(=O)O[C@@H]1[C@@H](OC(C)=O)[C@H](n2c3c(c4ccccc42)CCOC3=O)OC[C@@H]1OC(C)=O. The minimum Gasteiger partial charge on any atom is -0.461 e. The second-order valence-electron chi connectivity index (χ2n) is 7.62. The quantitative estimate of drug-likeness (QED) is 0.511. The molecule has 1 saturated heterocycles. The van der Waals surface area contributed by atoms with E-state index in [0.717, 1.165) is 10.9 Å². The second-order valence-corrected chi connectivity index (χ2v) is 7.62. The lowest BCUT2D eigenvalue weighted by atomic mass is 10.0. The Kier molecular flexibility index (Phi) is 5.88. The van der Waals surface area contributed by atoms with Gasteiger partial charge in [0.2, 0.25) is 0 Å². The molecule has 4 atom stereocenters. The monoisotopic (exact) mass is 445 g/mol. The van der Waals surface area contributed by atoms with E-state index < -0.39 is 48.4 Å². The molecule has 4 rings (SSSR count). The van der Waals surface area contributed by atoms with E-state index in [1.165, 1.54) is 20.8 Å². The van der Waals surface area contributed by atoms with Crippen molar-refractivity contribution in [3.8, 4) is 0 Å². The summed E-state index contributed by atoms with van der Waals surface area (Å²) in [5.41, 5.74) is 1.76. The van der Waals surface area contributed by atoms with Crippen LogP contribution >= 0.6 is 0 Å². The highest BCUT2D eigenvalue weighted by Gasteiger charge is 2.49. The summed E-state index contributed by atoms with van der Waals surface area (Å²) in [6.45, 7) is 3.72. The van der Waals surface area contributed by atoms with Crippen LogP contribution in [0.5, 0.6) is 0 Å². The zero-order valence-corrected chi connectivity index (χ0v) is 17.9. The highest BCUT2D eigenvalue weighted by atomic mass is 16.6. The van der Waals surface area contributed by atoms with Crippen LogP contribution in [0.4, 0.5) is 0 Å². The van der Waals surface area contributed by atoms with Gasteiger partial charge in [-0.25, -0.2) is 4.79 Å². The molecule has 0 saturated carbocycles. The van der Waals surface area contributed by atoms with Crippen LogP contribution in [-0.2, 0) is 44.5 Å². The summed E-state index contributed by atoms with van der Waals surface area (Å²) >= 11 is 0. The van der Waals surface area contributed by atoms with E-state index in [-0.39, 0.29) is 18.9 Å². The summed E-state index contributed by atoms with van der Waals surface area (Å²) in [7, 11) is 0. The summed E-state index contributed by atoms with van der Waals surface area (Å²) < 4.78 is 29.1. The van der Waals surface area contributed by atoms with Crippen molar-refractivity contribution in [1.82, 2.24) is 4.57 Å². The fourth-order valence-corrected chi connectivity index (χ4v) is 4.33. The van der Waals surface area contributed by atoms with E-state index in [9.17, 15) is 19.2 Å². The Morgan fingerprint density at radius 2 is 1.62 bits per heavy atom. The lowest BCUT2D eigenvalue weighted by molar-refractivity contribution is -0.239. The highest BCUT2D eigenvalue weighted by molar-refractivity contribution is 6.00. The molecule has 1 fully saturated rings. The van der Waals surface area contributed by atoms with Crippen LogP contribution in [-0.4, -0.2) is 60.0 Å². The number of carbonyl (C=O) groups excluding carboxylic acids is 4. The van der Waals surface area contributed by atoms with Gasteiger partial charge in [0.25, 0.3) is 0 Å². The molecule has 10 nitrogen and oxygen atoms in total. The van der Waals surface area contributed by atoms with Crippen molar-refractivity contribution in [2.24, 2.45) is 0 Å². The number of aromatic nitrogens is 1. The summed E-state index contributed by atoms with van der Waals surface area (Å²) in [6, 6.07) is 7.37. The third kappa shape index (κ3) is 3.93. The maximum Gasteiger partial charge on any atom is 0.355 e. The van der Waals surface area contributed by atoms with Gasteiger partial charge in [0.15, 0.2) is 24.5 Å². The first-order chi connectivity index (χ1) is 15.3. The molecule has 0 amide bonds. The number of esters is 4. The van der Waals surface area contributed by atoms with Gasteiger partial charge in [0.1, 0.15) is 5.69 Å². The normalized spacial score (nSPS) is 24.9. The summed E-state index contributed by atoms with van der Waals surface area (Å²) in [5.74, 6) is -2.44. The Bertz CT molecular complexity index is 1090. The van der Waals surface area contributed by atoms with Crippen LogP contribution in [0, 0.1) is 0 Å². The molecule has 2 aliphatic rings. The number of ether oxygens (including phenoxy) is 5. The molecule has 32 heavy (non-hydrogen) atoms. The van der Waals surface area contributed by atoms with E-state index in [1.807, 2.05) is 24.3 Å². The van der Waals surface area contributed by atoms with Gasteiger partial charge in [0.05, 0.1) is 18.7 Å². The van der Waals surface area contributed by atoms with Crippen LogP contribution in [0.25, 0.3) is 10.9 Å². The largest absolute Gasteiger partial charge is 0.461 e. The van der Waals surface area contributed by atoms with Crippen LogP contribution < -0.4 is 0 Å². The molecule has 170 valence electrons. The Morgan fingerprint density at radius 1 is 0.969 bits per heavy atom. The fraction of sp³-hybridized carbons (Fsp3) is 0.455. The maximum absolute atomic E-state index is 12.8. The Morgan fingerprint density at radius 3 is 2.31 bits per heavy atom. The summed E-state index contributed by atoms with van der Waals surface area (Å²) in [5, 5.41) is 0.843. The van der Waals surface area contributed by atoms with E-state index in [4.69, 9.17) is 23.7 Å². The molecule has 0 N–H and O–H groups in total. The van der Waals surface area contributed by atoms with Gasteiger partial charge in [0, 0.05) is 32.6 Å². The molecule has 2 aromatic rings. The van der Waals surface area contributed by atoms with Crippen LogP contribution in [0.1, 0.15) is 43.1 Å². The maximum atomic E-state index is 12.8.